The fourth-order valence-corrected chi connectivity index (χ4v) is 3.12. The molecule has 144 valence electrons. The molecule has 6 heteroatoms. The highest BCUT2D eigenvalue weighted by atomic mass is 16.5. The van der Waals surface area contributed by atoms with E-state index in [9.17, 15) is 9.59 Å². The summed E-state index contributed by atoms with van der Waals surface area (Å²) in [7, 11) is 0. The highest BCUT2D eigenvalue weighted by Gasteiger charge is 2.16. The van der Waals surface area contributed by atoms with E-state index in [1.54, 1.807) is 24.3 Å². The molecule has 1 aliphatic rings. The van der Waals surface area contributed by atoms with Crippen LogP contribution in [0, 0.1) is 0 Å². The number of anilines is 1. The zero-order chi connectivity index (χ0) is 18.8. The Hall–Kier alpha value is -1.92. The average molecular weight is 361 g/mol. The van der Waals surface area contributed by atoms with Gasteiger partial charge in [-0.05, 0) is 63.0 Å². The number of amides is 2. The maximum atomic E-state index is 12.2. The topological polar surface area (TPSA) is 70.7 Å². The minimum Gasteiger partial charge on any atom is -0.376 e. The highest BCUT2D eigenvalue weighted by molar-refractivity contribution is 5.96. The molecule has 0 aromatic heterocycles. The van der Waals surface area contributed by atoms with Crippen LogP contribution in [0.3, 0.4) is 0 Å². The number of hydrogen-bond acceptors (Lipinski definition) is 4. The Morgan fingerprint density at radius 3 is 2.42 bits per heavy atom. The van der Waals surface area contributed by atoms with Gasteiger partial charge in [0, 0.05) is 24.4 Å². The minimum atomic E-state index is -0.115. The number of nitrogens with one attached hydrogen (secondary N) is 2. The van der Waals surface area contributed by atoms with Gasteiger partial charge in [-0.3, -0.25) is 14.5 Å². The Bertz CT molecular complexity index is 562. The zero-order valence-corrected chi connectivity index (χ0v) is 15.9. The summed E-state index contributed by atoms with van der Waals surface area (Å²) in [4.78, 5) is 26.5. The second kappa shape index (κ2) is 10.9. The van der Waals surface area contributed by atoms with Gasteiger partial charge in [0.2, 0.25) is 5.91 Å². The smallest absolute Gasteiger partial charge is 0.251 e. The van der Waals surface area contributed by atoms with E-state index in [1.165, 1.54) is 0 Å². The lowest BCUT2D eigenvalue weighted by atomic mass is 10.2. The fourth-order valence-electron chi connectivity index (χ4n) is 3.12. The maximum Gasteiger partial charge on any atom is 0.251 e. The van der Waals surface area contributed by atoms with E-state index in [0.29, 0.717) is 24.3 Å². The molecule has 0 aliphatic carbocycles. The Morgan fingerprint density at radius 2 is 1.85 bits per heavy atom. The molecule has 26 heavy (non-hydrogen) atoms. The van der Waals surface area contributed by atoms with Crippen molar-refractivity contribution in [3.05, 3.63) is 29.8 Å². The lowest BCUT2D eigenvalue weighted by molar-refractivity contribution is -0.117. The second-order valence-corrected chi connectivity index (χ2v) is 6.75. The van der Waals surface area contributed by atoms with Crippen LogP contribution in [0.25, 0.3) is 0 Å². The molecular formula is C20H31N3O3. The van der Waals surface area contributed by atoms with Crippen LogP contribution in [-0.2, 0) is 9.53 Å². The molecule has 1 fully saturated rings. The molecule has 1 aromatic carbocycles. The molecule has 1 aromatic rings. The summed E-state index contributed by atoms with van der Waals surface area (Å²) in [5, 5.41) is 5.80. The van der Waals surface area contributed by atoms with Gasteiger partial charge in [-0.1, -0.05) is 13.8 Å². The summed E-state index contributed by atoms with van der Waals surface area (Å²) in [5.74, 6) is -0.141. The fraction of sp³-hybridized carbons (Fsp3) is 0.600. The monoisotopic (exact) mass is 361 g/mol. The van der Waals surface area contributed by atoms with E-state index < -0.39 is 0 Å². The number of hydrogen-bond donors (Lipinski definition) is 2. The Labute approximate surface area is 156 Å². The first-order valence-electron chi connectivity index (χ1n) is 9.64. The van der Waals surface area contributed by atoms with Crippen molar-refractivity contribution in [2.24, 2.45) is 0 Å². The van der Waals surface area contributed by atoms with Crippen molar-refractivity contribution in [3.8, 4) is 0 Å². The van der Waals surface area contributed by atoms with Crippen LogP contribution in [0.15, 0.2) is 24.3 Å². The van der Waals surface area contributed by atoms with Crippen LogP contribution in [-0.4, -0.2) is 55.6 Å². The van der Waals surface area contributed by atoms with Crippen LogP contribution in [0.5, 0.6) is 0 Å². The third-order valence-electron chi connectivity index (χ3n) is 4.39. The number of nitrogens with zero attached hydrogens (tertiary/aromatic N) is 1. The van der Waals surface area contributed by atoms with Crippen LogP contribution >= 0.6 is 0 Å². The molecule has 0 spiro atoms. The first-order valence-corrected chi connectivity index (χ1v) is 9.64. The van der Waals surface area contributed by atoms with Crippen molar-refractivity contribution in [1.82, 2.24) is 10.2 Å². The van der Waals surface area contributed by atoms with Gasteiger partial charge in [0.1, 0.15) is 0 Å². The minimum absolute atomic E-state index is 0.0255. The first-order chi connectivity index (χ1) is 12.6. The molecule has 2 N–H and O–H groups in total. The van der Waals surface area contributed by atoms with Gasteiger partial charge in [0.15, 0.2) is 0 Å². The Balaban J connectivity index is 1.80. The predicted molar refractivity (Wildman–Crippen MR) is 103 cm³/mol. The van der Waals surface area contributed by atoms with E-state index in [4.69, 9.17) is 4.74 Å². The molecule has 1 saturated heterocycles. The van der Waals surface area contributed by atoms with Crippen molar-refractivity contribution in [3.63, 3.8) is 0 Å². The molecule has 1 aliphatic heterocycles. The van der Waals surface area contributed by atoms with Gasteiger partial charge in [-0.2, -0.15) is 0 Å². The number of ether oxygens (including phenoxy) is 1. The van der Waals surface area contributed by atoms with E-state index in [0.717, 1.165) is 45.4 Å². The molecule has 1 unspecified atom stereocenters. The molecule has 1 atom stereocenters. The van der Waals surface area contributed by atoms with Crippen LogP contribution in [0.1, 0.15) is 49.9 Å². The Morgan fingerprint density at radius 1 is 1.15 bits per heavy atom. The molecule has 2 rings (SSSR count). The van der Waals surface area contributed by atoms with Crippen LogP contribution < -0.4 is 10.6 Å². The highest BCUT2D eigenvalue weighted by Crippen LogP contribution is 2.12. The maximum absolute atomic E-state index is 12.2. The van der Waals surface area contributed by atoms with Gasteiger partial charge in [-0.15, -0.1) is 0 Å². The number of carbonyl (C=O) groups is 2. The van der Waals surface area contributed by atoms with Gasteiger partial charge in [0.05, 0.1) is 12.6 Å². The van der Waals surface area contributed by atoms with E-state index in [-0.39, 0.29) is 17.9 Å². The summed E-state index contributed by atoms with van der Waals surface area (Å²) >= 11 is 0. The van der Waals surface area contributed by atoms with Crippen molar-refractivity contribution in [2.45, 2.75) is 45.6 Å². The van der Waals surface area contributed by atoms with Crippen molar-refractivity contribution >= 4 is 17.5 Å². The summed E-state index contributed by atoms with van der Waals surface area (Å²) in [6, 6.07) is 7.00. The summed E-state index contributed by atoms with van der Waals surface area (Å²) in [6.07, 6.45) is 4.25. The van der Waals surface area contributed by atoms with Crippen molar-refractivity contribution < 1.29 is 14.3 Å². The molecule has 0 saturated carbocycles. The van der Waals surface area contributed by atoms with Gasteiger partial charge in [-0.25, -0.2) is 0 Å². The first kappa shape index (κ1) is 20.4. The van der Waals surface area contributed by atoms with Gasteiger partial charge >= 0.3 is 0 Å². The third kappa shape index (κ3) is 6.77. The third-order valence-corrected chi connectivity index (χ3v) is 4.39. The lowest BCUT2D eigenvalue weighted by Gasteiger charge is -2.20. The molecule has 6 nitrogen and oxygen atoms in total. The van der Waals surface area contributed by atoms with E-state index in [1.807, 2.05) is 0 Å². The molecule has 0 radical (unpaired) electrons. The van der Waals surface area contributed by atoms with Gasteiger partial charge in [0.25, 0.3) is 5.91 Å². The van der Waals surface area contributed by atoms with Crippen LogP contribution in [0.4, 0.5) is 5.69 Å². The molecule has 2 amide bonds. The zero-order valence-electron chi connectivity index (χ0n) is 15.9. The number of carbonyl (C=O) groups excluding carboxylic acids is 2. The number of benzene rings is 1. The SMILES string of the molecule is CCCN(CCC)CC(=O)Nc1ccc(C(=O)NCC2CCCO2)cc1. The van der Waals surface area contributed by atoms with E-state index in [2.05, 4.69) is 29.4 Å². The van der Waals surface area contributed by atoms with Crippen LogP contribution in [0.2, 0.25) is 0 Å². The lowest BCUT2D eigenvalue weighted by Crippen LogP contribution is -2.34. The second-order valence-electron chi connectivity index (χ2n) is 6.75. The predicted octanol–water partition coefficient (Wildman–Crippen LogP) is 2.66. The summed E-state index contributed by atoms with van der Waals surface area (Å²) in [6.45, 7) is 7.79. The molecular weight excluding hydrogens is 330 g/mol. The molecule has 1 heterocycles. The number of rotatable bonds is 10. The van der Waals surface area contributed by atoms with Crippen molar-refractivity contribution in [1.29, 1.82) is 0 Å². The van der Waals surface area contributed by atoms with E-state index >= 15 is 0 Å². The summed E-state index contributed by atoms with van der Waals surface area (Å²) < 4.78 is 5.50. The van der Waals surface area contributed by atoms with Gasteiger partial charge < -0.3 is 15.4 Å². The largest absolute Gasteiger partial charge is 0.376 e. The molecule has 0 bridgehead atoms. The Kier molecular flexibility index (Phi) is 8.58. The standard InChI is InChI=1S/C20H31N3O3/c1-3-11-23(12-4-2)15-19(24)22-17-9-7-16(8-10-17)20(25)21-14-18-6-5-13-26-18/h7-10,18H,3-6,11-15H2,1-2H3,(H,21,25)(H,22,24). The quantitative estimate of drug-likeness (QED) is 0.672. The normalized spacial score (nSPS) is 16.7. The van der Waals surface area contributed by atoms with Crippen molar-refractivity contribution in [2.75, 3.05) is 38.1 Å². The summed E-state index contributed by atoms with van der Waals surface area (Å²) in [5.41, 5.74) is 1.29. The average Bonchev–Trinajstić information content (AvgIpc) is 3.14.